The van der Waals surface area contributed by atoms with Crippen LogP contribution in [0, 0.1) is 5.92 Å². The van der Waals surface area contributed by atoms with E-state index in [0.29, 0.717) is 6.42 Å². The number of hydrogen-bond acceptors (Lipinski definition) is 3. The highest BCUT2D eigenvalue weighted by atomic mass is 16.3. The Hall–Kier alpha value is -2.40. The number of aliphatic hydroxyl groups excluding tert-OH is 1. The Balaban J connectivity index is 2.15. The molecule has 2 atom stereocenters. The molecule has 2 rings (SSSR count). The van der Waals surface area contributed by atoms with Gasteiger partial charge < -0.3 is 15.7 Å². The van der Waals surface area contributed by atoms with E-state index in [1.165, 1.54) is 0 Å². The second-order valence-corrected chi connectivity index (χ2v) is 6.08. The maximum atomic E-state index is 12.5. The first-order valence-corrected chi connectivity index (χ1v) is 8.25. The van der Waals surface area contributed by atoms with Crippen LogP contribution in [0.1, 0.15) is 37.6 Å². The van der Waals surface area contributed by atoms with Crippen molar-refractivity contribution in [2.45, 2.75) is 32.4 Å². The molecule has 2 aromatic rings. The van der Waals surface area contributed by atoms with Crippen molar-refractivity contribution in [1.29, 1.82) is 0 Å². The molecule has 0 spiro atoms. The zero-order chi connectivity index (χ0) is 17.4. The highest BCUT2D eigenvalue weighted by Gasteiger charge is 2.21. The SMILES string of the molecule is CC(C)C(CCO)NC(=O)NC(c1ccccc1)c1ccccn1. The highest BCUT2D eigenvalue weighted by molar-refractivity contribution is 5.75. The number of benzene rings is 1. The summed E-state index contributed by atoms with van der Waals surface area (Å²) >= 11 is 0. The maximum absolute atomic E-state index is 12.5. The number of nitrogens with zero attached hydrogens (tertiary/aromatic N) is 1. The van der Waals surface area contributed by atoms with E-state index in [4.69, 9.17) is 5.11 Å². The lowest BCUT2D eigenvalue weighted by atomic mass is 10.0. The van der Waals surface area contributed by atoms with Crippen LogP contribution in [0.3, 0.4) is 0 Å². The van der Waals surface area contributed by atoms with Crippen molar-refractivity contribution in [2.24, 2.45) is 5.92 Å². The number of aromatic nitrogens is 1. The predicted molar refractivity (Wildman–Crippen MR) is 94.5 cm³/mol. The van der Waals surface area contributed by atoms with Crippen molar-refractivity contribution in [3.8, 4) is 0 Å². The lowest BCUT2D eigenvalue weighted by molar-refractivity contribution is 0.217. The minimum Gasteiger partial charge on any atom is -0.396 e. The number of carbonyl (C=O) groups is 1. The quantitative estimate of drug-likeness (QED) is 0.732. The van der Waals surface area contributed by atoms with Crippen molar-refractivity contribution in [3.05, 3.63) is 66.0 Å². The molecule has 1 aromatic carbocycles. The number of carbonyl (C=O) groups excluding carboxylic acids is 1. The van der Waals surface area contributed by atoms with Gasteiger partial charge in [-0.05, 0) is 30.0 Å². The Kier molecular flexibility index (Phi) is 6.75. The highest BCUT2D eigenvalue weighted by Crippen LogP contribution is 2.20. The molecule has 2 amide bonds. The molecule has 0 fully saturated rings. The van der Waals surface area contributed by atoms with Crippen LogP contribution >= 0.6 is 0 Å². The van der Waals surface area contributed by atoms with Gasteiger partial charge in [0, 0.05) is 18.8 Å². The van der Waals surface area contributed by atoms with Gasteiger partial charge in [-0.1, -0.05) is 50.2 Å². The minimum atomic E-state index is -0.325. The Morgan fingerprint density at radius 2 is 1.79 bits per heavy atom. The number of pyridine rings is 1. The lowest BCUT2D eigenvalue weighted by Gasteiger charge is -2.24. The number of aliphatic hydroxyl groups is 1. The van der Waals surface area contributed by atoms with E-state index in [-0.39, 0.29) is 30.6 Å². The first-order valence-electron chi connectivity index (χ1n) is 8.25. The molecule has 0 aliphatic carbocycles. The summed E-state index contributed by atoms with van der Waals surface area (Å²) in [6, 6.07) is 14.7. The van der Waals surface area contributed by atoms with Gasteiger partial charge in [0.1, 0.15) is 0 Å². The Bertz CT molecular complexity index is 578. The van der Waals surface area contributed by atoms with E-state index in [1.54, 1.807) is 6.20 Å². The number of hydrogen-bond donors (Lipinski definition) is 3. The predicted octanol–water partition coefficient (Wildman–Crippen LogP) is 2.88. The minimum absolute atomic E-state index is 0.0471. The van der Waals surface area contributed by atoms with E-state index >= 15 is 0 Å². The molecule has 1 heterocycles. The standard InChI is InChI=1S/C19H25N3O2/c1-14(2)16(11-13-23)21-19(24)22-18(15-8-4-3-5-9-15)17-10-6-7-12-20-17/h3-10,12,14,16,18,23H,11,13H2,1-2H3,(H2,21,22,24). The molecule has 0 aliphatic heterocycles. The van der Waals surface area contributed by atoms with Crippen molar-refractivity contribution < 1.29 is 9.90 Å². The van der Waals surface area contributed by atoms with Crippen LogP contribution < -0.4 is 10.6 Å². The van der Waals surface area contributed by atoms with Gasteiger partial charge in [-0.3, -0.25) is 4.98 Å². The van der Waals surface area contributed by atoms with E-state index < -0.39 is 0 Å². The van der Waals surface area contributed by atoms with Gasteiger partial charge in [-0.15, -0.1) is 0 Å². The summed E-state index contributed by atoms with van der Waals surface area (Å²) in [5.74, 6) is 0.243. The number of urea groups is 1. The molecule has 2 unspecified atom stereocenters. The van der Waals surface area contributed by atoms with Crippen LogP contribution in [0.5, 0.6) is 0 Å². The Morgan fingerprint density at radius 3 is 2.38 bits per heavy atom. The first-order chi connectivity index (χ1) is 11.6. The van der Waals surface area contributed by atoms with Gasteiger partial charge in [0.2, 0.25) is 0 Å². The van der Waals surface area contributed by atoms with Crippen LogP contribution in [0.15, 0.2) is 54.7 Å². The second-order valence-electron chi connectivity index (χ2n) is 6.08. The second kappa shape index (κ2) is 9.03. The number of nitrogens with one attached hydrogen (secondary N) is 2. The van der Waals surface area contributed by atoms with Crippen LogP contribution in [0.2, 0.25) is 0 Å². The fraction of sp³-hybridized carbons (Fsp3) is 0.368. The topological polar surface area (TPSA) is 74.2 Å². The van der Waals surface area contributed by atoms with Gasteiger partial charge in [-0.2, -0.15) is 0 Å². The summed E-state index contributed by atoms with van der Waals surface area (Å²) in [6.45, 7) is 4.09. The molecular formula is C19H25N3O2. The third-order valence-electron chi connectivity index (χ3n) is 3.95. The van der Waals surface area contributed by atoms with Gasteiger partial charge >= 0.3 is 6.03 Å². The molecule has 3 N–H and O–H groups in total. The van der Waals surface area contributed by atoms with Gasteiger partial charge in [0.25, 0.3) is 0 Å². The molecule has 5 heteroatoms. The smallest absolute Gasteiger partial charge is 0.315 e. The molecule has 0 radical (unpaired) electrons. The van der Waals surface area contributed by atoms with Gasteiger partial charge in [0.15, 0.2) is 0 Å². The average Bonchev–Trinajstić information content (AvgIpc) is 2.60. The van der Waals surface area contributed by atoms with Crippen molar-refractivity contribution >= 4 is 6.03 Å². The fourth-order valence-electron chi connectivity index (χ4n) is 2.57. The molecule has 5 nitrogen and oxygen atoms in total. The van der Waals surface area contributed by atoms with E-state index in [1.807, 2.05) is 62.4 Å². The van der Waals surface area contributed by atoms with Crippen molar-refractivity contribution in [3.63, 3.8) is 0 Å². The fourth-order valence-corrected chi connectivity index (χ4v) is 2.57. The summed E-state index contributed by atoms with van der Waals surface area (Å²) in [5.41, 5.74) is 1.75. The van der Waals surface area contributed by atoms with Crippen LogP contribution in [0.25, 0.3) is 0 Å². The molecule has 0 saturated carbocycles. The van der Waals surface area contributed by atoms with Crippen molar-refractivity contribution in [2.75, 3.05) is 6.61 Å². The summed E-state index contributed by atoms with van der Waals surface area (Å²) in [5, 5.41) is 15.1. The van der Waals surface area contributed by atoms with Crippen LogP contribution in [0.4, 0.5) is 4.79 Å². The molecular weight excluding hydrogens is 302 g/mol. The molecule has 1 aromatic heterocycles. The normalized spacial score (nSPS) is 13.3. The zero-order valence-corrected chi connectivity index (χ0v) is 14.1. The largest absolute Gasteiger partial charge is 0.396 e. The Labute approximate surface area is 143 Å². The van der Waals surface area contributed by atoms with Crippen LogP contribution in [-0.4, -0.2) is 28.8 Å². The molecule has 0 saturated heterocycles. The Morgan fingerprint density at radius 1 is 1.08 bits per heavy atom. The summed E-state index contributed by atoms with van der Waals surface area (Å²) < 4.78 is 0. The van der Waals surface area contributed by atoms with E-state index in [2.05, 4.69) is 15.6 Å². The van der Waals surface area contributed by atoms with Crippen molar-refractivity contribution in [1.82, 2.24) is 15.6 Å². The number of rotatable bonds is 7. The number of amides is 2. The third-order valence-corrected chi connectivity index (χ3v) is 3.95. The van der Waals surface area contributed by atoms with Gasteiger partial charge in [-0.25, -0.2) is 4.79 Å². The third kappa shape index (κ3) is 5.06. The molecule has 128 valence electrons. The van der Waals surface area contributed by atoms with E-state index in [9.17, 15) is 4.79 Å². The molecule has 24 heavy (non-hydrogen) atoms. The monoisotopic (exact) mass is 327 g/mol. The van der Waals surface area contributed by atoms with E-state index in [0.717, 1.165) is 11.3 Å². The molecule has 0 bridgehead atoms. The van der Waals surface area contributed by atoms with Gasteiger partial charge in [0.05, 0.1) is 11.7 Å². The summed E-state index contributed by atoms with van der Waals surface area (Å²) in [4.78, 5) is 16.8. The lowest BCUT2D eigenvalue weighted by Crippen LogP contribution is -2.46. The zero-order valence-electron chi connectivity index (χ0n) is 14.1. The van der Waals surface area contributed by atoms with Crippen LogP contribution in [-0.2, 0) is 0 Å². The maximum Gasteiger partial charge on any atom is 0.315 e. The molecule has 0 aliphatic rings. The summed E-state index contributed by atoms with van der Waals surface area (Å²) in [6.07, 6.45) is 2.25. The summed E-state index contributed by atoms with van der Waals surface area (Å²) in [7, 11) is 0. The first kappa shape index (κ1) is 17.9. The average molecular weight is 327 g/mol.